The van der Waals surface area contributed by atoms with Gasteiger partial charge in [-0.15, -0.1) is 0 Å². The fourth-order valence-electron chi connectivity index (χ4n) is 5.43. The van der Waals surface area contributed by atoms with Crippen molar-refractivity contribution < 1.29 is 0 Å². The van der Waals surface area contributed by atoms with E-state index in [1.54, 1.807) is 0 Å². The Hall–Kier alpha value is -5.34. The summed E-state index contributed by atoms with van der Waals surface area (Å²) in [6, 6.07) is 51.5. The molecule has 1 aliphatic heterocycles. The summed E-state index contributed by atoms with van der Waals surface area (Å²) >= 11 is 0. The summed E-state index contributed by atoms with van der Waals surface area (Å²) in [5.41, 5.74) is 5.60. The van der Waals surface area contributed by atoms with Gasteiger partial charge in [0, 0.05) is 23.9 Å². The quantitative estimate of drug-likeness (QED) is 0.158. The fourth-order valence-corrected chi connectivity index (χ4v) is 9.26. The van der Waals surface area contributed by atoms with Crippen molar-refractivity contribution in [2.75, 3.05) is 4.90 Å². The van der Waals surface area contributed by atoms with Crippen LogP contribution in [0, 0.1) is 17.9 Å². The molecule has 0 bridgehead atoms. The average Bonchev–Trinajstić information content (AvgIpc) is 3.06. The van der Waals surface area contributed by atoms with Crippen LogP contribution in [-0.2, 0) is 0 Å². The van der Waals surface area contributed by atoms with E-state index < -0.39 is 6.89 Å². The lowest BCUT2D eigenvalue weighted by Crippen LogP contribution is -2.23. The second kappa shape index (κ2) is 11.4. The molecule has 0 N–H and O–H groups in total. The van der Waals surface area contributed by atoms with Crippen LogP contribution in [0.15, 0.2) is 163 Å². The number of allylic oxidation sites excluding steroid dienone is 3. The summed E-state index contributed by atoms with van der Waals surface area (Å²) in [7, 11) is 0. The highest BCUT2D eigenvalue weighted by Crippen LogP contribution is 2.58. The lowest BCUT2D eigenvalue weighted by atomic mass is 10.0. The Morgan fingerprint density at radius 2 is 1.00 bits per heavy atom. The van der Waals surface area contributed by atoms with E-state index >= 15 is 0 Å². The van der Waals surface area contributed by atoms with Gasteiger partial charge in [-0.3, -0.25) is 0 Å². The smallest absolute Gasteiger partial charge is 0.196 e. The van der Waals surface area contributed by atoms with Crippen molar-refractivity contribution in [3.63, 3.8) is 0 Å². The number of nitrogens with zero attached hydrogens (tertiary/aromatic N) is 3. The zero-order valence-corrected chi connectivity index (χ0v) is 23.2. The Balaban J connectivity index is 1.50. The third-order valence-electron chi connectivity index (χ3n) is 7.29. The van der Waals surface area contributed by atoms with E-state index in [9.17, 15) is 5.26 Å². The normalized spacial score (nSPS) is 13.8. The first-order chi connectivity index (χ1) is 20.3. The van der Waals surface area contributed by atoms with Gasteiger partial charge in [0.1, 0.15) is 0 Å². The lowest BCUT2D eigenvalue weighted by Gasteiger charge is -2.31. The van der Waals surface area contributed by atoms with Crippen molar-refractivity contribution in [2.45, 2.75) is 0 Å². The molecule has 0 fully saturated rings. The number of hydrogen-bond donors (Lipinski definition) is 0. The Morgan fingerprint density at radius 3 is 1.44 bits per heavy atom. The van der Waals surface area contributed by atoms with E-state index in [0.29, 0.717) is 10.7 Å². The Kier molecular flexibility index (Phi) is 7.21. The molecule has 0 amide bonds. The largest absolute Gasteiger partial charge is 0.311 e. The average molecular weight is 544 g/mol. The number of anilines is 3. The van der Waals surface area contributed by atoms with E-state index in [4.69, 9.17) is 6.57 Å². The molecule has 0 aliphatic carbocycles. The summed E-state index contributed by atoms with van der Waals surface area (Å²) in [4.78, 5) is 6.31. The van der Waals surface area contributed by atoms with Crippen LogP contribution < -0.4 is 15.5 Å². The maximum absolute atomic E-state index is 10.6. The molecule has 0 saturated heterocycles. The van der Waals surface area contributed by atoms with Crippen LogP contribution in [0.2, 0.25) is 0 Å². The van der Waals surface area contributed by atoms with Crippen LogP contribution in [-0.4, -0.2) is 5.29 Å². The zero-order chi connectivity index (χ0) is 28.1. The molecule has 0 aromatic heterocycles. The van der Waals surface area contributed by atoms with Crippen LogP contribution in [0.5, 0.6) is 0 Å². The minimum Gasteiger partial charge on any atom is -0.311 e. The van der Waals surface area contributed by atoms with Gasteiger partial charge in [0.25, 0.3) is 0 Å². The third kappa shape index (κ3) is 4.70. The molecule has 5 aromatic carbocycles. The molecule has 1 aliphatic rings. The van der Waals surface area contributed by atoms with Crippen LogP contribution in [0.3, 0.4) is 0 Å². The summed E-state index contributed by atoms with van der Waals surface area (Å²) in [5, 5.41) is 13.2. The highest BCUT2D eigenvalue weighted by atomic mass is 31.2. The predicted molar refractivity (Wildman–Crippen MR) is 173 cm³/mol. The van der Waals surface area contributed by atoms with Gasteiger partial charge < -0.3 is 4.90 Å². The summed E-state index contributed by atoms with van der Waals surface area (Å²) in [5.74, 6) is 0. The molecular formula is C37H26N3P. The first-order valence-electron chi connectivity index (χ1n) is 13.4. The van der Waals surface area contributed by atoms with Crippen molar-refractivity contribution in [3.05, 3.63) is 180 Å². The molecule has 6 rings (SSSR count). The second-order valence-electron chi connectivity index (χ2n) is 9.61. The Bertz CT molecular complexity index is 1790. The van der Waals surface area contributed by atoms with E-state index in [0.717, 1.165) is 38.8 Å². The predicted octanol–water partition coefficient (Wildman–Crippen LogP) is 8.68. The van der Waals surface area contributed by atoms with Crippen molar-refractivity contribution >= 4 is 45.4 Å². The van der Waals surface area contributed by atoms with Gasteiger partial charge in [-0.2, -0.15) is 5.26 Å². The van der Waals surface area contributed by atoms with E-state index in [-0.39, 0.29) is 0 Å². The highest BCUT2D eigenvalue weighted by Gasteiger charge is 2.34. The van der Waals surface area contributed by atoms with Gasteiger partial charge in [-0.25, -0.2) is 4.85 Å². The molecule has 41 heavy (non-hydrogen) atoms. The van der Waals surface area contributed by atoms with Gasteiger partial charge in [0.05, 0.1) is 17.9 Å². The van der Waals surface area contributed by atoms with Crippen LogP contribution in [0.25, 0.3) is 10.4 Å². The molecule has 0 unspecified atom stereocenters. The molecule has 1 heterocycles. The van der Waals surface area contributed by atoms with Gasteiger partial charge >= 0.3 is 0 Å². The van der Waals surface area contributed by atoms with Crippen molar-refractivity contribution in [1.82, 2.24) is 0 Å². The lowest BCUT2D eigenvalue weighted by molar-refractivity contribution is 1.28. The highest BCUT2D eigenvalue weighted by molar-refractivity contribution is 7.93. The second-order valence-corrected chi connectivity index (χ2v) is 12.9. The minimum absolute atomic E-state index is 0.614. The molecule has 0 atom stereocenters. The summed E-state index contributed by atoms with van der Waals surface area (Å²) in [6.07, 6.45) is 3.98. The van der Waals surface area contributed by atoms with Crippen molar-refractivity contribution in [2.24, 2.45) is 0 Å². The van der Waals surface area contributed by atoms with Gasteiger partial charge in [-0.05, 0) is 70.3 Å². The Labute approximate surface area is 241 Å². The monoisotopic (exact) mass is 543 g/mol. The summed E-state index contributed by atoms with van der Waals surface area (Å²) in [6.45, 7) is 5.68. The zero-order valence-electron chi connectivity index (χ0n) is 22.3. The number of benzene rings is 5. The molecule has 194 valence electrons. The maximum Gasteiger partial charge on any atom is 0.196 e. The standard InChI is InChI=1S/C37H26N3P/c1-39-37-27-30(26-36(28-38)41(37,34-18-10-4-11-19-34)35-20-12-5-13-21-35)29-22-24-33(25-23-29)40(31-14-6-2-7-15-31)32-16-8-3-9-17-32/h2-27H. The molecule has 4 heteroatoms. The number of rotatable bonds is 6. The van der Waals surface area contributed by atoms with Gasteiger partial charge in [0.2, 0.25) is 0 Å². The number of para-hydroxylation sites is 2. The van der Waals surface area contributed by atoms with Gasteiger partial charge in [0.15, 0.2) is 5.44 Å². The SMILES string of the molecule is [C-]#[N+]C1=CC(c2ccc(N(c3ccccc3)c3ccccc3)cc2)=CC(C#N)=P1(c1ccccc1)c1ccccc1. The Morgan fingerprint density at radius 1 is 0.561 bits per heavy atom. The van der Waals surface area contributed by atoms with E-state index in [1.165, 1.54) is 0 Å². The van der Waals surface area contributed by atoms with Crippen molar-refractivity contribution in [1.29, 1.82) is 5.26 Å². The molecule has 0 radical (unpaired) electrons. The van der Waals surface area contributed by atoms with Crippen LogP contribution in [0.1, 0.15) is 5.56 Å². The molecule has 0 saturated carbocycles. The van der Waals surface area contributed by atoms with Gasteiger partial charge in [-0.1, -0.05) is 109 Å². The minimum atomic E-state index is -2.60. The molecule has 3 nitrogen and oxygen atoms in total. The maximum atomic E-state index is 10.6. The van der Waals surface area contributed by atoms with Crippen LogP contribution in [0.4, 0.5) is 17.1 Å². The first kappa shape index (κ1) is 25.9. The number of nitriles is 1. The fraction of sp³-hybridized carbons (Fsp3) is 0. The van der Waals surface area contributed by atoms with E-state index in [1.807, 2.05) is 109 Å². The van der Waals surface area contributed by atoms with Crippen LogP contribution >= 0.6 is 6.89 Å². The summed E-state index contributed by atoms with van der Waals surface area (Å²) < 4.78 is 0. The molecule has 5 aromatic rings. The first-order valence-corrected chi connectivity index (χ1v) is 15.1. The van der Waals surface area contributed by atoms with E-state index in [2.05, 4.69) is 64.3 Å². The number of hydrogen-bond acceptors (Lipinski definition) is 2. The third-order valence-corrected chi connectivity index (χ3v) is 11.3. The van der Waals surface area contributed by atoms with Crippen molar-refractivity contribution in [3.8, 4) is 6.07 Å². The molecular weight excluding hydrogens is 517 g/mol. The topological polar surface area (TPSA) is 31.4 Å². The molecule has 0 spiro atoms.